The van der Waals surface area contributed by atoms with Gasteiger partial charge in [-0.2, -0.15) is 0 Å². The molecule has 16 heavy (non-hydrogen) atoms. The van der Waals surface area contributed by atoms with Gasteiger partial charge in [-0.05, 0) is 6.07 Å². The Morgan fingerprint density at radius 2 is 2.06 bits per heavy atom. The van der Waals surface area contributed by atoms with Crippen molar-refractivity contribution in [1.82, 2.24) is 20.2 Å². The highest BCUT2D eigenvalue weighted by molar-refractivity contribution is 5.87. The molecule has 1 aliphatic heterocycles. The maximum absolute atomic E-state index is 11.6. The average molecular weight is 220 g/mol. The lowest BCUT2D eigenvalue weighted by Gasteiger charge is -2.18. The van der Waals surface area contributed by atoms with Crippen LogP contribution in [0.3, 0.4) is 0 Å². The zero-order valence-corrected chi connectivity index (χ0v) is 8.72. The van der Waals surface area contributed by atoms with E-state index < -0.39 is 0 Å². The minimum atomic E-state index is -0.0988. The highest BCUT2D eigenvalue weighted by Gasteiger charge is 2.20. The molecular weight excluding hydrogens is 208 g/mol. The van der Waals surface area contributed by atoms with E-state index in [1.807, 2.05) is 0 Å². The number of aromatic nitrogens is 2. The first kappa shape index (κ1) is 10.5. The van der Waals surface area contributed by atoms with Crippen LogP contribution in [0.4, 0.5) is 0 Å². The Hall–Kier alpha value is -1.98. The summed E-state index contributed by atoms with van der Waals surface area (Å²) in [5.41, 5.74) is 0. The summed E-state index contributed by atoms with van der Waals surface area (Å²) < 4.78 is 0. The van der Waals surface area contributed by atoms with Crippen LogP contribution < -0.4 is 5.32 Å². The van der Waals surface area contributed by atoms with E-state index in [1.54, 1.807) is 23.4 Å². The van der Waals surface area contributed by atoms with Crippen molar-refractivity contribution in [1.29, 1.82) is 0 Å². The van der Waals surface area contributed by atoms with Gasteiger partial charge in [-0.15, -0.1) is 0 Å². The van der Waals surface area contributed by atoms with E-state index in [4.69, 9.17) is 0 Å². The van der Waals surface area contributed by atoms with Crippen LogP contribution in [-0.4, -0.2) is 39.8 Å². The van der Waals surface area contributed by atoms with Crippen molar-refractivity contribution >= 4 is 11.8 Å². The Kier molecular flexibility index (Phi) is 3.09. The lowest BCUT2D eigenvalue weighted by molar-refractivity contribution is -0.130. The molecule has 1 saturated heterocycles. The predicted molar refractivity (Wildman–Crippen MR) is 55.1 cm³/mol. The van der Waals surface area contributed by atoms with Crippen molar-refractivity contribution in [3.8, 4) is 0 Å². The molecule has 2 rings (SSSR count). The van der Waals surface area contributed by atoms with Gasteiger partial charge in [0.15, 0.2) is 0 Å². The minimum absolute atomic E-state index is 0.0612. The van der Waals surface area contributed by atoms with E-state index in [0.717, 1.165) is 0 Å². The number of rotatable bonds is 2. The number of carbonyl (C=O) groups excluding carboxylic acids is 2. The molecule has 0 spiro atoms. The van der Waals surface area contributed by atoms with Gasteiger partial charge in [-0.25, -0.2) is 9.97 Å². The van der Waals surface area contributed by atoms with Crippen LogP contribution in [0.1, 0.15) is 12.2 Å². The fourth-order valence-corrected chi connectivity index (χ4v) is 1.49. The number of carbonyl (C=O) groups is 2. The van der Waals surface area contributed by atoms with Crippen LogP contribution in [0.2, 0.25) is 0 Å². The summed E-state index contributed by atoms with van der Waals surface area (Å²) in [6, 6.07) is 1.72. The Morgan fingerprint density at radius 3 is 2.81 bits per heavy atom. The fraction of sp³-hybridized carbons (Fsp3) is 0.400. The molecule has 6 heteroatoms. The van der Waals surface area contributed by atoms with Crippen molar-refractivity contribution in [3.05, 3.63) is 24.3 Å². The van der Waals surface area contributed by atoms with Gasteiger partial charge in [0, 0.05) is 25.4 Å². The summed E-state index contributed by atoms with van der Waals surface area (Å²) in [4.78, 5) is 32.4. The van der Waals surface area contributed by atoms with E-state index >= 15 is 0 Å². The molecule has 0 aliphatic carbocycles. The van der Waals surface area contributed by atoms with Gasteiger partial charge in [-0.1, -0.05) is 0 Å². The minimum Gasteiger partial charge on any atom is -0.347 e. The Morgan fingerprint density at radius 1 is 1.31 bits per heavy atom. The molecule has 0 saturated carbocycles. The Balaban J connectivity index is 2.03. The molecule has 2 heterocycles. The van der Waals surface area contributed by atoms with Gasteiger partial charge in [0.05, 0.1) is 13.1 Å². The van der Waals surface area contributed by atoms with Gasteiger partial charge in [0.2, 0.25) is 11.8 Å². The van der Waals surface area contributed by atoms with Crippen molar-refractivity contribution in [2.24, 2.45) is 0 Å². The van der Waals surface area contributed by atoms with Crippen LogP contribution in [0.5, 0.6) is 0 Å². The predicted octanol–water partition coefficient (Wildman–Crippen LogP) is -0.675. The molecule has 0 bridgehead atoms. The first-order valence-corrected chi connectivity index (χ1v) is 5.06. The highest BCUT2D eigenvalue weighted by Crippen LogP contribution is 2.02. The molecule has 1 N–H and O–H groups in total. The van der Waals surface area contributed by atoms with E-state index in [1.165, 1.54) is 0 Å². The molecular formula is C10H12N4O2. The summed E-state index contributed by atoms with van der Waals surface area (Å²) >= 11 is 0. The van der Waals surface area contributed by atoms with Crippen LogP contribution in [0, 0.1) is 0 Å². The number of hydrogen-bond acceptors (Lipinski definition) is 4. The third-order valence-electron chi connectivity index (χ3n) is 2.35. The number of hydrogen-bond donors (Lipinski definition) is 1. The summed E-state index contributed by atoms with van der Waals surface area (Å²) in [6.07, 6.45) is 3.60. The average Bonchev–Trinajstić information content (AvgIpc) is 2.46. The second-order valence-corrected chi connectivity index (χ2v) is 3.51. The van der Waals surface area contributed by atoms with Crippen molar-refractivity contribution in [2.75, 3.05) is 13.1 Å². The third-order valence-corrected chi connectivity index (χ3v) is 2.35. The smallest absolute Gasteiger partial charge is 0.242 e. The molecule has 0 unspecified atom stereocenters. The van der Waals surface area contributed by atoms with Gasteiger partial charge in [0.25, 0.3) is 0 Å². The number of nitrogens with one attached hydrogen (secondary N) is 1. The van der Waals surface area contributed by atoms with Gasteiger partial charge >= 0.3 is 0 Å². The fourth-order valence-electron chi connectivity index (χ4n) is 1.49. The summed E-state index contributed by atoms with van der Waals surface area (Å²) in [6.45, 7) is 0.837. The largest absolute Gasteiger partial charge is 0.347 e. The number of nitrogens with zero attached hydrogens (tertiary/aromatic N) is 3. The second kappa shape index (κ2) is 4.69. The van der Waals surface area contributed by atoms with Crippen LogP contribution in [0.25, 0.3) is 0 Å². The van der Waals surface area contributed by atoms with Crippen LogP contribution in [0.15, 0.2) is 18.5 Å². The lowest BCUT2D eigenvalue weighted by atomic mass is 10.3. The zero-order chi connectivity index (χ0) is 11.4. The molecule has 0 aromatic carbocycles. The molecule has 0 radical (unpaired) electrons. The SMILES string of the molecule is O=C1CCN(Cc2ncccn2)C(=O)CN1. The quantitative estimate of drug-likeness (QED) is 0.717. The monoisotopic (exact) mass is 220 g/mol. The summed E-state index contributed by atoms with van der Waals surface area (Å²) in [5.74, 6) is 0.397. The molecule has 84 valence electrons. The Bertz CT molecular complexity index is 393. The lowest BCUT2D eigenvalue weighted by Crippen LogP contribution is -2.35. The van der Waals surface area contributed by atoms with Gasteiger partial charge < -0.3 is 10.2 Å². The van der Waals surface area contributed by atoms with Gasteiger partial charge in [-0.3, -0.25) is 9.59 Å². The maximum atomic E-state index is 11.6. The van der Waals surface area contributed by atoms with E-state index in [9.17, 15) is 9.59 Å². The highest BCUT2D eigenvalue weighted by atomic mass is 16.2. The zero-order valence-electron chi connectivity index (χ0n) is 8.72. The van der Waals surface area contributed by atoms with Crippen molar-refractivity contribution in [2.45, 2.75) is 13.0 Å². The molecule has 2 amide bonds. The van der Waals surface area contributed by atoms with Crippen LogP contribution in [-0.2, 0) is 16.1 Å². The van der Waals surface area contributed by atoms with E-state index in [2.05, 4.69) is 15.3 Å². The molecule has 6 nitrogen and oxygen atoms in total. The third kappa shape index (κ3) is 2.53. The molecule has 0 atom stereocenters. The van der Waals surface area contributed by atoms with Crippen LogP contribution >= 0.6 is 0 Å². The van der Waals surface area contributed by atoms with Crippen molar-refractivity contribution < 1.29 is 9.59 Å². The summed E-state index contributed by atoms with van der Waals surface area (Å²) in [7, 11) is 0. The molecule has 1 fully saturated rings. The molecule has 1 aromatic rings. The molecule has 1 aliphatic rings. The first-order chi connectivity index (χ1) is 7.75. The first-order valence-electron chi connectivity index (χ1n) is 5.06. The standard InChI is InChI=1S/C10H12N4O2/c15-9-2-5-14(10(16)6-13-9)7-8-11-3-1-4-12-8/h1,3-4H,2,5-7H2,(H,13,15). The second-order valence-electron chi connectivity index (χ2n) is 3.51. The van der Waals surface area contributed by atoms with Gasteiger partial charge in [0.1, 0.15) is 5.82 Å². The maximum Gasteiger partial charge on any atom is 0.242 e. The normalized spacial score (nSPS) is 16.9. The Labute approximate surface area is 92.7 Å². The summed E-state index contributed by atoms with van der Waals surface area (Å²) in [5, 5.41) is 2.54. The van der Waals surface area contributed by atoms with E-state index in [-0.39, 0.29) is 18.4 Å². The van der Waals surface area contributed by atoms with Crippen molar-refractivity contribution in [3.63, 3.8) is 0 Å². The topological polar surface area (TPSA) is 75.2 Å². The molecule has 1 aromatic heterocycles. The number of amides is 2. The van der Waals surface area contributed by atoms with E-state index in [0.29, 0.717) is 25.3 Å².